The van der Waals surface area contributed by atoms with Gasteiger partial charge in [0.1, 0.15) is 12.4 Å². The van der Waals surface area contributed by atoms with Gasteiger partial charge >= 0.3 is 7.12 Å². The molecule has 0 saturated carbocycles. The largest absolute Gasteiger partial charge is 0.495 e. The van der Waals surface area contributed by atoms with Crippen LogP contribution in [-0.2, 0) is 15.9 Å². The van der Waals surface area contributed by atoms with E-state index in [1.807, 2.05) is 31.2 Å². The Hall–Kier alpha value is -1.30. The third-order valence-corrected chi connectivity index (χ3v) is 5.58. The Labute approximate surface area is 159 Å². The van der Waals surface area contributed by atoms with Crippen LogP contribution in [0.15, 0.2) is 46.9 Å². The predicted molar refractivity (Wildman–Crippen MR) is 105 cm³/mol. The topological polar surface area (TPSA) is 27.7 Å². The maximum Gasteiger partial charge on any atom is 0.495 e. The van der Waals surface area contributed by atoms with E-state index in [1.165, 1.54) is 0 Å². The van der Waals surface area contributed by atoms with Gasteiger partial charge in [-0.05, 0) is 69.4 Å². The van der Waals surface area contributed by atoms with E-state index in [0.29, 0.717) is 6.61 Å². The quantitative estimate of drug-likeness (QED) is 0.697. The summed E-state index contributed by atoms with van der Waals surface area (Å²) in [5, 5.41) is 0. The van der Waals surface area contributed by atoms with Crippen LogP contribution in [0, 0.1) is 6.92 Å². The van der Waals surface area contributed by atoms with Crippen molar-refractivity contribution in [1.82, 2.24) is 0 Å². The molecule has 1 heterocycles. The molecule has 0 bridgehead atoms. The van der Waals surface area contributed by atoms with Gasteiger partial charge in [0.15, 0.2) is 0 Å². The number of benzene rings is 2. The van der Waals surface area contributed by atoms with Crippen LogP contribution in [0.25, 0.3) is 0 Å². The minimum absolute atomic E-state index is 0.353. The van der Waals surface area contributed by atoms with E-state index in [2.05, 4.69) is 61.8 Å². The molecule has 5 heteroatoms. The third-order valence-electron chi connectivity index (χ3n) is 5.08. The van der Waals surface area contributed by atoms with Crippen LogP contribution in [0.5, 0.6) is 5.75 Å². The number of rotatable bonds is 4. The molecule has 0 spiro atoms. The predicted octanol–water partition coefficient (Wildman–Crippen LogP) is 4.64. The molecule has 0 amide bonds. The number of hydrogen-bond acceptors (Lipinski definition) is 3. The molecule has 0 unspecified atom stereocenters. The highest BCUT2D eigenvalue weighted by atomic mass is 79.9. The van der Waals surface area contributed by atoms with Crippen LogP contribution < -0.4 is 10.2 Å². The molecule has 0 aliphatic carbocycles. The molecule has 3 nitrogen and oxygen atoms in total. The maximum atomic E-state index is 6.20. The van der Waals surface area contributed by atoms with Gasteiger partial charge in [-0.25, -0.2) is 0 Å². The molecule has 132 valence electrons. The Morgan fingerprint density at radius 2 is 1.64 bits per heavy atom. The summed E-state index contributed by atoms with van der Waals surface area (Å²) >= 11 is 3.48. The van der Waals surface area contributed by atoms with Gasteiger partial charge in [-0.1, -0.05) is 40.2 Å². The van der Waals surface area contributed by atoms with Gasteiger partial charge in [0.25, 0.3) is 0 Å². The first-order valence-corrected chi connectivity index (χ1v) is 9.31. The zero-order chi connectivity index (χ0) is 18.2. The molecule has 1 fully saturated rings. The number of halogens is 1. The van der Waals surface area contributed by atoms with Crippen molar-refractivity contribution in [3.8, 4) is 5.75 Å². The van der Waals surface area contributed by atoms with E-state index in [-0.39, 0.29) is 18.3 Å². The van der Waals surface area contributed by atoms with E-state index in [1.54, 1.807) is 0 Å². The first-order chi connectivity index (χ1) is 11.7. The van der Waals surface area contributed by atoms with Crippen molar-refractivity contribution in [2.75, 3.05) is 0 Å². The highest BCUT2D eigenvalue weighted by molar-refractivity contribution is 9.10. The number of aryl methyl sites for hydroxylation is 1. The lowest BCUT2D eigenvalue weighted by Gasteiger charge is -2.32. The zero-order valence-electron chi connectivity index (χ0n) is 15.4. The Bertz CT molecular complexity index is 757. The van der Waals surface area contributed by atoms with Gasteiger partial charge in [0.2, 0.25) is 0 Å². The molecule has 2 aromatic rings. The number of ether oxygens (including phenoxy) is 1. The minimum Gasteiger partial charge on any atom is -0.489 e. The van der Waals surface area contributed by atoms with Gasteiger partial charge in [-0.3, -0.25) is 0 Å². The summed E-state index contributed by atoms with van der Waals surface area (Å²) in [7, 11) is -0.379. The first-order valence-electron chi connectivity index (χ1n) is 8.52. The molecule has 1 aliphatic rings. The molecule has 0 atom stereocenters. The smallest absolute Gasteiger partial charge is 0.489 e. The van der Waals surface area contributed by atoms with Crippen LogP contribution in [-0.4, -0.2) is 18.3 Å². The molecule has 1 aliphatic heterocycles. The second-order valence-corrected chi connectivity index (χ2v) is 8.40. The normalized spacial score (nSPS) is 18.4. The van der Waals surface area contributed by atoms with Gasteiger partial charge in [0.05, 0.1) is 11.2 Å². The van der Waals surface area contributed by atoms with Gasteiger partial charge in [0, 0.05) is 4.47 Å². The average molecular weight is 403 g/mol. The maximum absolute atomic E-state index is 6.20. The lowest BCUT2D eigenvalue weighted by molar-refractivity contribution is 0.00578. The van der Waals surface area contributed by atoms with Crippen LogP contribution >= 0.6 is 15.9 Å². The summed E-state index contributed by atoms with van der Waals surface area (Å²) in [4.78, 5) is 0. The monoisotopic (exact) mass is 402 g/mol. The van der Waals surface area contributed by atoms with Crippen molar-refractivity contribution in [3.05, 3.63) is 58.1 Å². The molecule has 0 aromatic heterocycles. The first kappa shape index (κ1) is 18.5. The standard InChI is InChI=1S/C20H24BBrO3/c1-14-12-16(22)10-11-18(14)23-13-15-8-6-7-9-17(15)21-24-19(2,3)20(4,5)25-21/h6-12H,13H2,1-5H3. The van der Waals surface area contributed by atoms with Gasteiger partial charge in [-0.15, -0.1) is 0 Å². The Morgan fingerprint density at radius 3 is 2.28 bits per heavy atom. The van der Waals surface area contributed by atoms with Crippen molar-refractivity contribution < 1.29 is 14.0 Å². The molecule has 25 heavy (non-hydrogen) atoms. The summed E-state index contributed by atoms with van der Waals surface area (Å²) in [6.45, 7) is 10.8. The van der Waals surface area contributed by atoms with Crippen molar-refractivity contribution in [1.29, 1.82) is 0 Å². The molecule has 0 radical (unpaired) electrons. The Morgan fingerprint density at radius 1 is 1.00 bits per heavy atom. The average Bonchev–Trinajstić information content (AvgIpc) is 2.75. The van der Waals surface area contributed by atoms with Crippen LogP contribution in [0.2, 0.25) is 0 Å². The van der Waals surface area contributed by atoms with Crippen molar-refractivity contribution in [2.24, 2.45) is 0 Å². The lowest BCUT2D eigenvalue weighted by atomic mass is 9.76. The molecule has 2 aromatic carbocycles. The summed E-state index contributed by atoms with van der Waals surface area (Å²) < 4.78 is 19.5. The second kappa shape index (κ2) is 6.78. The second-order valence-electron chi connectivity index (χ2n) is 7.49. The van der Waals surface area contributed by atoms with Gasteiger partial charge in [-0.2, -0.15) is 0 Å². The fourth-order valence-corrected chi connectivity index (χ4v) is 3.27. The molecular formula is C20H24BBrO3. The summed E-state index contributed by atoms with van der Waals surface area (Å²) in [5.74, 6) is 0.881. The SMILES string of the molecule is Cc1cc(Br)ccc1OCc1ccccc1B1OC(C)(C)C(C)(C)O1. The van der Waals surface area contributed by atoms with Gasteiger partial charge < -0.3 is 14.0 Å². The van der Waals surface area contributed by atoms with Crippen molar-refractivity contribution >= 4 is 28.5 Å². The zero-order valence-corrected chi connectivity index (χ0v) is 17.0. The van der Waals surface area contributed by atoms with E-state index >= 15 is 0 Å². The molecule has 0 N–H and O–H groups in total. The van der Waals surface area contributed by atoms with E-state index in [4.69, 9.17) is 14.0 Å². The number of hydrogen-bond donors (Lipinski definition) is 0. The van der Waals surface area contributed by atoms with E-state index < -0.39 is 0 Å². The molecule has 1 saturated heterocycles. The fourth-order valence-electron chi connectivity index (χ4n) is 2.80. The van der Waals surface area contributed by atoms with Crippen LogP contribution in [0.1, 0.15) is 38.8 Å². The summed E-state index contributed by atoms with van der Waals surface area (Å²) in [6, 6.07) is 14.2. The highest BCUT2D eigenvalue weighted by Crippen LogP contribution is 2.36. The molecular weight excluding hydrogens is 379 g/mol. The van der Waals surface area contributed by atoms with E-state index in [9.17, 15) is 0 Å². The van der Waals surface area contributed by atoms with Crippen LogP contribution in [0.4, 0.5) is 0 Å². The minimum atomic E-state index is -0.379. The summed E-state index contributed by atoms with van der Waals surface area (Å²) in [5.41, 5.74) is 2.49. The molecule has 3 rings (SSSR count). The van der Waals surface area contributed by atoms with E-state index in [0.717, 1.165) is 26.8 Å². The van der Waals surface area contributed by atoms with Crippen molar-refractivity contribution in [2.45, 2.75) is 52.4 Å². The Balaban J connectivity index is 1.80. The van der Waals surface area contributed by atoms with Crippen LogP contribution in [0.3, 0.4) is 0 Å². The summed E-state index contributed by atoms with van der Waals surface area (Å²) in [6.07, 6.45) is 0. The third kappa shape index (κ3) is 3.79. The lowest BCUT2D eigenvalue weighted by Crippen LogP contribution is -2.41. The van der Waals surface area contributed by atoms with Crippen molar-refractivity contribution in [3.63, 3.8) is 0 Å². The highest BCUT2D eigenvalue weighted by Gasteiger charge is 2.52. The fraction of sp³-hybridized carbons (Fsp3) is 0.400. The Kier molecular flexibility index (Phi) is 5.02.